The van der Waals surface area contributed by atoms with Crippen LogP contribution in [0.25, 0.3) is 0 Å². The van der Waals surface area contributed by atoms with E-state index in [1.54, 1.807) is 14.2 Å². The molecule has 0 aromatic heterocycles. The average Bonchev–Trinajstić information content (AvgIpc) is 2.89. The maximum absolute atomic E-state index is 5.65. The fourth-order valence-corrected chi connectivity index (χ4v) is 4.16. The Balaban J connectivity index is 2.08. The van der Waals surface area contributed by atoms with Crippen LogP contribution in [0, 0.1) is 12.8 Å². The number of benzene rings is 1. The van der Waals surface area contributed by atoms with Crippen LogP contribution in [0.4, 0.5) is 0 Å². The highest BCUT2D eigenvalue weighted by atomic mass is 16.5. The van der Waals surface area contributed by atoms with E-state index in [2.05, 4.69) is 24.8 Å². The smallest absolute Gasteiger partial charge is 0.164 e. The minimum Gasteiger partial charge on any atom is -0.493 e. The Labute approximate surface area is 121 Å². The summed E-state index contributed by atoms with van der Waals surface area (Å²) in [5, 5.41) is 0. The van der Waals surface area contributed by atoms with Crippen molar-refractivity contribution in [1.29, 1.82) is 0 Å². The minimum atomic E-state index is 0.679. The van der Waals surface area contributed by atoms with Crippen LogP contribution < -0.4 is 9.47 Å². The Bertz CT molecular complexity index is 512. The van der Waals surface area contributed by atoms with Crippen LogP contribution in [0.2, 0.25) is 0 Å². The molecule has 2 aliphatic rings. The molecule has 0 amide bonds. The lowest BCUT2D eigenvalue weighted by atomic mass is 9.75. The molecule has 1 heterocycles. The summed E-state index contributed by atoms with van der Waals surface area (Å²) < 4.78 is 11.2. The number of hydrogen-bond acceptors (Lipinski definition) is 3. The van der Waals surface area contributed by atoms with E-state index in [1.807, 2.05) is 0 Å². The highest BCUT2D eigenvalue weighted by Gasteiger charge is 2.39. The van der Waals surface area contributed by atoms with Gasteiger partial charge in [-0.1, -0.05) is 6.92 Å². The molecule has 1 aliphatic heterocycles. The second-order valence-electron chi connectivity index (χ2n) is 6.08. The van der Waals surface area contributed by atoms with E-state index < -0.39 is 0 Å². The van der Waals surface area contributed by atoms with Crippen LogP contribution in [-0.4, -0.2) is 38.8 Å². The van der Waals surface area contributed by atoms with E-state index in [4.69, 9.17) is 9.47 Å². The number of ether oxygens (including phenoxy) is 2. The maximum Gasteiger partial charge on any atom is 0.164 e. The molecule has 2 atom stereocenters. The van der Waals surface area contributed by atoms with E-state index in [9.17, 15) is 0 Å². The molecule has 0 spiro atoms. The molecule has 1 aromatic carbocycles. The third-order valence-corrected chi connectivity index (χ3v) is 5.12. The van der Waals surface area contributed by atoms with Crippen molar-refractivity contribution in [2.24, 2.45) is 5.92 Å². The van der Waals surface area contributed by atoms with Crippen LogP contribution >= 0.6 is 0 Å². The molecule has 110 valence electrons. The second-order valence-corrected chi connectivity index (χ2v) is 6.08. The van der Waals surface area contributed by atoms with Gasteiger partial charge >= 0.3 is 0 Å². The molecule has 3 nitrogen and oxygen atoms in total. The normalized spacial score (nSPS) is 25.2. The molecule has 1 aliphatic carbocycles. The summed E-state index contributed by atoms with van der Waals surface area (Å²) >= 11 is 0. The van der Waals surface area contributed by atoms with Crippen LogP contribution in [0.3, 0.4) is 0 Å². The lowest BCUT2D eigenvalue weighted by Crippen LogP contribution is -2.21. The number of hydrogen-bond donors (Lipinski definition) is 0. The summed E-state index contributed by atoms with van der Waals surface area (Å²) in [6, 6.07) is 2.15. The SMILES string of the molecule is CCN1CC2CCc3c(OC)c(OC)cc(C)c3C2C1. The topological polar surface area (TPSA) is 21.7 Å². The largest absolute Gasteiger partial charge is 0.493 e. The van der Waals surface area contributed by atoms with Crippen molar-refractivity contribution in [3.8, 4) is 11.5 Å². The first-order valence-corrected chi connectivity index (χ1v) is 7.66. The first-order chi connectivity index (χ1) is 9.69. The van der Waals surface area contributed by atoms with E-state index >= 15 is 0 Å². The fourth-order valence-electron chi connectivity index (χ4n) is 4.16. The first kappa shape index (κ1) is 13.7. The van der Waals surface area contributed by atoms with Crippen molar-refractivity contribution in [3.05, 3.63) is 22.8 Å². The maximum atomic E-state index is 5.65. The number of fused-ring (bicyclic) bond motifs is 3. The molecule has 0 N–H and O–H groups in total. The summed E-state index contributed by atoms with van der Waals surface area (Å²) in [5.41, 5.74) is 4.30. The molecule has 0 saturated carbocycles. The molecule has 1 saturated heterocycles. The molecular formula is C17H25NO2. The molecule has 1 aromatic rings. The third kappa shape index (κ3) is 1.99. The van der Waals surface area contributed by atoms with Gasteiger partial charge in [-0.2, -0.15) is 0 Å². The highest BCUT2D eigenvalue weighted by Crippen LogP contribution is 2.48. The lowest BCUT2D eigenvalue weighted by Gasteiger charge is -2.31. The van der Waals surface area contributed by atoms with Crippen molar-refractivity contribution >= 4 is 0 Å². The quantitative estimate of drug-likeness (QED) is 0.846. The highest BCUT2D eigenvalue weighted by molar-refractivity contribution is 5.57. The van der Waals surface area contributed by atoms with Gasteiger partial charge in [0.05, 0.1) is 14.2 Å². The van der Waals surface area contributed by atoms with Gasteiger partial charge in [-0.15, -0.1) is 0 Å². The van der Waals surface area contributed by atoms with Crippen LogP contribution in [0.5, 0.6) is 11.5 Å². The van der Waals surface area contributed by atoms with Gasteiger partial charge in [0, 0.05) is 24.6 Å². The van der Waals surface area contributed by atoms with Crippen molar-refractivity contribution in [1.82, 2.24) is 4.90 Å². The van der Waals surface area contributed by atoms with E-state index in [1.165, 1.54) is 36.2 Å². The van der Waals surface area contributed by atoms with E-state index in [0.29, 0.717) is 5.92 Å². The second kappa shape index (κ2) is 5.28. The summed E-state index contributed by atoms with van der Waals surface area (Å²) in [6.45, 7) is 8.10. The number of likely N-dealkylation sites (tertiary alicyclic amines) is 1. The van der Waals surface area contributed by atoms with Crippen molar-refractivity contribution in [2.45, 2.75) is 32.6 Å². The molecule has 20 heavy (non-hydrogen) atoms. The van der Waals surface area contributed by atoms with Gasteiger partial charge in [0.25, 0.3) is 0 Å². The first-order valence-electron chi connectivity index (χ1n) is 7.66. The number of aryl methyl sites for hydroxylation is 1. The lowest BCUT2D eigenvalue weighted by molar-refractivity contribution is 0.335. The summed E-state index contributed by atoms with van der Waals surface area (Å²) in [5.74, 6) is 3.34. The fraction of sp³-hybridized carbons (Fsp3) is 0.647. The molecule has 1 fully saturated rings. The monoisotopic (exact) mass is 275 g/mol. The minimum absolute atomic E-state index is 0.679. The Kier molecular flexibility index (Phi) is 3.63. The van der Waals surface area contributed by atoms with Gasteiger partial charge in [-0.25, -0.2) is 0 Å². The Morgan fingerprint density at radius 1 is 1.25 bits per heavy atom. The average molecular weight is 275 g/mol. The Morgan fingerprint density at radius 3 is 2.70 bits per heavy atom. The van der Waals surface area contributed by atoms with Crippen molar-refractivity contribution < 1.29 is 9.47 Å². The Hall–Kier alpha value is -1.22. The van der Waals surface area contributed by atoms with Gasteiger partial charge in [0.1, 0.15) is 0 Å². The standard InChI is InChI=1S/C17H25NO2/c1-5-18-9-12-6-7-13-16(14(12)10-18)11(2)8-15(19-3)17(13)20-4/h8,12,14H,5-7,9-10H2,1-4H3. The predicted octanol–water partition coefficient (Wildman–Crippen LogP) is 2.99. The molecule has 3 rings (SSSR count). The Morgan fingerprint density at radius 2 is 2.05 bits per heavy atom. The van der Waals surface area contributed by atoms with Crippen molar-refractivity contribution in [2.75, 3.05) is 33.9 Å². The molecule has 2 unspecified atom stereocenters. The molecular weight excluding hydrogens is 250 g/mol. The van der Waals surface area contributed by atoms with Crippen LogP contribution in [-0.2, 0) is 6.42 Å². The zero-order valence-corrected chi connectivity index (χ0v) is 13.0. The number of methoxy groups -OCH3 is 2. The predicted molar refractivity (Wildman–Crippen MR) is 80.9 cm³/mol. The molecule has 3 heteroatoms. The number of nitrogens with zero attached hydrogens (tertiary/aromatic N) is 1. The van der Waals surface area contributed by atoms with E-state index in [-0.39, 0.29) is 0 Å². The molecule has 0 bridgehead atoms. The van der Waals surface area contributed by atoms with Gasteiger partial charge in [0.15, 0.2) is 11.5 Å². The van der Waals surface area contributed by atoms with Crippen molar-refractivity contribution in [3.63, 3.8) is 0 Å². The zero-order chi connectivity index (χ0) is 14.3. The van der Waals surface area contributed by atoms with Gasteiger partial charge in [-0.05, 0) is 49.4 Å². The van der Waals surface area contributed by atoms with Gasteiger partial charge in [-0.3, -0.25) is 0 Å². The summed E-state index contributed by atoms with van der Waals surface area (Å²) in [4.78, 5) is 2.58. The van der Waals surface area contributed by atoms with Crippen LogP contribution in [0.15, 0.2) is 6.07 Å². The summed E-state index contributed by atoms with van der Waals surface area (Å²) in [6.07, 6.45) is 2.40. The molecule has 0 radical (unpaired) electrons. The number of likely N-dealkylation sites (N-methyl/N-ethyl adjacent to an activating group) is 1. The number of rotatable bonds is 3. The van der Waals surface area contributed by atoms with Gasteiger partial charge < -0.3 is 14.4 Å². The van der Waals surface area contributed by atoms with E-state index in [0.717, 1.165) is 30.4 Å². The zero-order valence-electron chi connectivity index (χ0n) is 13.0. The summed E-state index contributed by atoms with van der Waals surface area (Å²) in [7, 11) is 3.48. The third-order valence-electron chi connectivity index (χ3n) is 5.12. The van der Waals surface area contributed by atoms with Crippen LogP contribution in [0.1, 0.15) is 36.0 Å². The van der Waals surface area contributed by atoms with Gasteiger partial charge in [0.2, 0.25) is 0 Å².